The van der Waals surface area contributed by atoms with Crippen molar-refractivity contribution in [3.8, 4) is 0 Å². The van der Waals surface area contributed by atoms with E-state index in [1.165, 1.54) is 0 Å². The van der Waals surface area contributed by atoms with Gasteiger partial charge in [-0.15, -0.1) is 0 Å². The molecule has 3 atom stereocenters. The van der Waals surface area contributed by atoms with Gasteiger partial charge in [-0.3, -0.25) is 10.3 Å². The van der Waals surface area contributed by atoms with Crippen molar-refractivity contribution in [2.75, 3.05) is 38.7 Å². The van der Waals surface area contributed by atoms with E-state index in [1.54, 1.807) is 5.12 Å². The van der Waals surface area contributed by atoms with Gasteiger partial charge in [0.05, 0.1) is 17.8 Å². The van der Waals surface area contributed by atoms with Gasteiger partial charge in [-0.05, 0) is 53.3 Å². The summed E-state index contributed by atoms with van der Waals surface area (Å²) in [7, 11) is 2.11. The summed E-state index contributed by atoms with van der Waals surface area (Å²) < 4.78 is 14.2. The number of hydrogen-bond acceptors (Lipinski definition) is 7. The maximum atomic E-state index is 14.2. The monoisotopic (exact) mass is 454 g/mol. The van der Waals surface area contributed by atoms with Crippen molar-refractivity contribution in [1.82, 2.24) is 35.2 Å². The summed E-state index contributed by atoms with van der Waals surface area (Å²) in [4.78, 5) is 27.6. The van der Waals surface area contributed by atoms with Gasteiger partial charge >= 0.3 is 6.03 Å². The van der Waals surface area contributed by atoms with Gasteiger partial charge in [-0.1, -0.05) is 0 Å². The summed E-state index contributed by atoms with van der Waals surface area (Å²) in [5.74, 6) is -0.391. The molecule has 172 valence electrons. The van der Waals surface area contributed by atoms with E-state index in [0.717, 1.165) is 12.7 Å². The van der Waals surface area contributed by atoms with Crippen LogP contribution in [0.15, 0.2) is 6.20 Å². The topological polar surface area (TPSA) is 79.9 Å². The lowest BCUT2D eigenvalue weighted by Crippen LogP contribution is -2.66. The highest BCUT2D eigenvalue weighted by Gasteiger charge is 2.57. The molecule has 2 unspecified atom stereocenters. The van der Waals surface area contributed by atoms with Crippen molar-refractivity contribution in [1.29, 1.82) is 0 Å². The highest BCUT2D eigenvalue weighted by molar-refractivity contribution is 6.28. The summed E-state index contributed by atoms with van der Waals surface area (Å²) in [6.07, 6.45) is 1.04. The van der Waals surface area contributed by atoms with E-state index in [-0.39, 0.29) is 40.7 Å². The molecule has 4 heterocycles. The van der Waals surface area contributed by atoms with Crippen LogP contribution >= 0.6 is 11.6 Å². The fourth-order valence-electron chi connectivity index (χ4n) is 5.14. The number of fused-ring (bicyclic) bond motifs is 1. The number of carbonyl (C=O) groups excluding carboxylic acids is 1. The molecule has 4 rings (SSSR count). The number of piperazine rings is 1. The van der Waals surface area contributed by atoms with Gasteiger partial charge in [0, 0.05) is 43.7 Å². The van der Waals surface area contributed by atoms with E-state index in [4.69, 9.17) is 11.6 Å². The normalized spacial score (nSPS) is 30.5. The third kappa shape index (κ3) is 3.83. The highest BCUT2D eigenvalue weighted by Crippen LogP contribution is 2.40. The number of amides is 2. The standard InChI is InChI=1S/C20H32ClFN8O/c1-12-9-27(6)19(2,3)11-28(12)18(31)29-10-13-7-24-30(15(13)20(29,4)5)26-16-14(22)8-23-17(21)25-16/h8,12-13,15,24H,7,9-11H2,1-6H3,(H,23,25,26)/t12-,13?,15?/m0/s1. The van der Waals surface area contributed by atoms with Crippen molar-refractivity contribution < 1.29 is 9.18 Å². The van der Waals surface area contributed by atoms with Crippen LogP contribution in [0.4, 0.5) is 15.0 Å². The molecule has 3 aliphatic rings. The molecular formula is C20H32ClFN8O. The summed E-state index contributed by atoms with van der Waals surface area (Å²) >= 11 is 5.84. The van der Waals surface area contributed by atoms with Gasteiger partial charge in [-0.2, -0.15) is 10.1 Å². The van der Waals surface area contributed by atoms with Gasteiger partial charge in [0.25, 0.3) is 0 Å². The minimum Gasteiger partial charge on any atom is -0.319 e. The van der Waals surface area contributed by atoms with Gasteiger partial charge in [0.2, 0.25) is 5.28 Å². The minimum absolute atomic E-state index is 0.00293. The molecule has 0 saturated carbocycles. The van der Waals surface area contributed by atoms with Crippen LogP contribution in [0.5, 0.6) is 0 Å². The smallest absolute Gasteiger partial charge is 0.319 e. The predicted molar refractivity (Wildman–Crippen MR) is 117 cm³/mol. The first-order valence-electron chi connectivity index (χ1n) is 10.7. The van der Waals surface area contributed by atoms with Crippen molar-refractivity contribution in [3.05, 3.63) is 17.3 Å². The van der Waals surface area contributed by atoms with Gasteiger partial charge in [-0.25, -0.2) is 19.6 Å². The lowest BCUT2D eigenvalue weighted by atomic mass is 9.91. The molecule has 3 saturated heterocycles. The van der Waals surface area contributed by atoms with E-state index < -0.39 is 11.4 Å². The fraction of sp³-hybridized carbons (Fsp3) is 0.750. The number of likely N-dealkylation sites (N-methyl/N-ethyl adjacent to an activating group) is 1. The zero-order chi connectivity index (χ0) is 22.7. The Morgan fingerprint density at radius 1 is 1.32 bits per heavy atom. The van der Waals surface area contributed by atoms with Crippen LogP contribution in [0.1, 0.15) is 34.6 Å². The van der Waals surface area contributed by atoms with Crippen LogP contribution in [-0.4, -0.2) is 92.2 Å². The van der Waals surface area contributed by atoms with Crippen molar-refractivity contribution >= 4 is 23.4 Å². The molecule has 1 aromatic heterocycles. The first kappa shape index (κ1) is 22.4. The highest BCUT2D eigenvalue weighted by atomic mass is 35.5. The lowest BCUT2D eigenvalue weighted by molar-refractivity contribution is 0.00607. The number of halogens is 2. The number of aromatic nitrogens is 2. The number of anilines is 1. The van der Waals surface area contributed by atoms with Gasteiger partial charge < -0.3 is 9.80 Å². The van der Waals surface area contributed by atoms with Crippen LogP contribution in [0.3, 0.4) is 0 Å². The molecule has 9 nitrogen and oxygen atoms in total. The molecule has 0 aromatic carbocycles. The second kappa shape index (κ2) is 7.68. The van der Waals surface area contributed by atoms with Crippen LogP contribution in [0.2, 0.25) is 5.28 Å². The Morgan fingerprint density at radius 3 is 2.74 bits per heavy atom. The Balaban J connectivity index is 1.54. The lowest BCUT2D eigenvalue weighted by Gasteiger charge is -2.51. The number of urea groups is 1. The zero-order valence-electron chi connectivity index (χ0n) is 19.0. The number of rotatable bonds is 2. The summed E-state index contributed by atoms with van der Waals surface area (Å²) in [6, 6.07) is 0.121. The third-order valence-electron chi connectivity index (χ3n) is 7.16. The number of carbonyl (C=O) groups is 1. The third-order valence-corrected chi connectivity index (χ3v) is 7.35. The maximum absolute atomic E-state index is 14.2. The van der Waals surface area contributed by atoms with Gasteiger partial charge in [0.15, 0.2) is 11.6 Å². The maximum Gasteiger partial charge on any atom is 0.320 e. The SMILES string of the molecule is C[C@H]1CN(C)C(C)(C)CN1C(=O)N1CC2CNN(Nc3nc(Cl)ncc3F)C2C1(C)C. The molecule has 1 aromatic rings. The number of nitrogens with zero attached hydrogens (tertiary/aromatic N) is 6. The summed E-state index contributed by atoms with van der Waals surface area (Å²) in [5.41, 5.74) is 5.70. The zero-order valence-corrected chi connectivity index (χ0v) is 19.7. The van der Waals surface area contributed by atoms with Crippen LogP contribution in [0.25, 0.3) is 0 Å². The quantitative estimate of drug-likeness (QED) is 0.662. The Hall–Kier alpha value is -1.75. The Morgan fingerprint density at radius 2 is 2.03 bits per heavy atom. The number of hydrogen-bond donors (Lipinski definition) is 2. The van der Waals surface area contributed by atoms with Crippen LogP contribution in [0, 0.1) is 11.7 Å². The molecule has 31 heavy (non-hydrogen) atoms. The molecule has 0 aliphatic carbocycles. The number of nitrogens with one attached hydrogen (secondary N) is 2. The van der Waals surface area contributed by atoms with E-state index >= 15 is 0 Å². The first-order chi connectivity index (χ1) is 14.4. The molecule has 2 N–H and O–H groups in total. The number of hydrazine groups is 2. The summed E-state index contributed by atoms with van der Waals surface area (Å²) in [6.45, 7) is 13.4. The van der Waals surface area contributed by atoms with E-state index in [2.05, 4.69) is 67.4 Å². The first-order valence-corrected chi connectivity index (χ1v) is 11.1. The van der Waals surface area contributed by atoms with Crippen LogP contribution < -0.4 is 10.9 Å². The molecule has 0 radical (unpaired) electrons. The average Bonchev–Trinajstić information content (AvgIpc) is 3.19. The predicted octanol–water partition coefficient (Wildman–Crippen LogP) is 2.03. The molecule has 0 bridgehead atoms. The Kier molecular flexibility index (Phi) is 5.56. The van der Waals surface area contributed by atoms with E-state index in [0.29, 0.717) is 19.6 Å². The minimum atomic E-state index is -0.591. The van der Waals surface area contributed by atoms with E-state index in [9.17, 15) is 9.18 Å². The average molecular weight is 455 g/mol. The Labute approximate surface area is 187 Å². The molecule has 3 fully saturated rings. The molecule has 2 amide bonds. The summed E-state index contributed by atoms with van der Waals surface area (Å²) in [5, 5.41) is 1.73. The molecule has 0 spiro atoms. The van der Waals surface area contributed by atoms with Crippen molar-refractivity contribution in [2.45, 2.75) is 57.8 Å². The largest absolute Gasteiger partial charge is 0.320 e. The second-order valence-corrected chi connectivity index (χ2v) is 10.4. The molecule has 11 heteroatoms. The number of likely N-dealkylation sites (tertiary alicyclic amines) is 1. The second-order valence-electron chi connectivity index (χ2n) is 10.1. The van der Waals surface area contributed by atoms with Crippen LogP contribution in [-0.2, 0) is 0 Å². The molecule has 3 aliphatic heterocycles. The van der Waals surface area contributed by atoms with Crippen molar-refractivity contribution in [2.24, 2.45) is 5.92 Å². The van der Waals surface area contributed by atoms with Gasteiger partial charge in [0.1, 0.15) is 0 Å². The molecular weight excluding hydrogens is 423 g/mol. The Bertz CT molecular complexity index is 868. The van der Waals surface area contributed by atoms with E-state index in [1.807, 2.05) is 9.80 Å². The fourth-order valence-corrected chi connectivity index (χ4v) is 5.27. The van der Waals surface area contributed by atoms with Crippen molar-refractivity contribution in [3.63, 3.8) is 0 Å².